The number of allylic oxidation sites excluding steroid dienone is 1. The van der Waals surface area contributed by atoms with E-state index in [0.29, 0.717) is 56.8 Å². The van der Waals surface area contributed by atoms with Crippen molar-refractivity contribution in [2.75, 3.05) is 18.9 Å². The van der Waals surface area contributed by atoms with E-state index < -0.39 is 12.7 Å². The lowest BCUT2D eigenvalue weighted by atomic mass is 9.97. The Morgan fingerprint density at radius 2 is 1.90 bits per heavy atom. The van der Waals surface area contributed by atoms with Crippen LogP contribution in [-0.4, -0.2) is 77.8 Å². The molecule has 1 aliphatic carbocycles. The molecule has 3 aromatic heterocycles. The van der Waals surface area contributed by atoms with Crippen molar-refractivity contribution in [3.63, 3.8) is 0 Å². The second-order valence-electron chi connectivity index (χ2n) is 13.8. The molecule has 0 radical (unpaired) electrons. The number of piperidine rings is 1. The fraction of sp³-hybridized carbons (Fsp3) is 0.432. The highest BCUT2D eigenvalue weighted by molar-refractivity contribution is 9.10. The van der Waals surface area contributed by atoms with Gasteiger partial charge in [-0.05, 0) is 92.3 Å². The van der Waals surface area contributed by atoms with Crippen molar-refractivity contribution in [2.24, 2.45) is 5.41 Å². The van der Waals surface area contributed by atoms with Crippen molar-refractivity contribution >= 4 is 50.2 Å². The Balaban J connectivity index is 1.24. The van der Waals surface area contributed by atoms with Gasteiger partial charge in [0.1, 0.15) is 41.2 Å². The number of hydrogen-bond acceptors (Lipinski definition) is 8. The molecule has 13 heteroatoms. The lowest BCUT2D eigenvalue weighted by Crippen LogP contribution is -2.47. The molecule has 4 aromatic rings. The number of rotatable bonds is 5. The maximum atomic E-state index is 14.7. The van der Waals surface area contributed by atoms with Crippen LogP contribution in [0, 0.1) is 12.3 Å². The number of pyridine rings is 1. The normalized spacial score (nSPS) is 23.3. The number of benzene rings is 1. The quantitative estimate of drug-likeness (QED) is 0.146. The molecule has 11 nitrogen and oxygen atoms in total. The van der Waals surface area contributed by atoms with Crippen LogP contribution in [0.3, 0.4) is 0 Å². The van der Waals surface area contributed by atoms with Crippen LogP contribution >= 0.6 is 15.9 Å². The summed E-state index contributed by atoms with van der Waals surface area (Å²) >= 11 is 3.45. The van der Waals surface area contributed by atoms with Gasteiger partial charge in [-0.3, -0.25) is 19.1 Å². The number of alkyl halides is 1. The molecule has 50 heavy (non-hydrogen) atoms. The number of hydrogen-bond donors (Lipinski definition) is 1. The molecule has 1 saturated heterocycles. The summed E-state index contributed by atoms with van der Waals surface area (Å²) in [4.78, 5) is 58.4. The molecule has 5 heterocycles. The number of nitrogens with one attached hydrogen (secondary N) is 1. The third-order valence-corrected chi connectivity index (χ3v) is 10.6. The molecule has 3 aliphatic rings. The Kier molecular flexibility index (Phi) is 9.38. The van der Waals surface area contributed by atoms with Crippen molar-refractivity contribution in [1.29, 1.82) is 0 Å². The summed E-state index contributed by atoms with van der Waals surface area (Å²) in [6.07, 6.45) is 13.2. The number of carbonyl (C=O) groups is 3. The number of aryl methyl sites for hydroxylation is 1. The SMILES string of the molecule is CC(=O)c1nn(CC(=O)N2[C@H]3C[C@@]4(/C=C\CCCCCN(C)Cc5ccc(Br)nc5NC3=O)C[C@@H]24)c2c(CF)cc(-c3cnc(C)nc3)cc12. The van der Waals surface area contributed by atoms with Gasteiger partial charge < -0.3 is 15.1 Å². The smallest absolute Gasteiger partial charge is 0.248 e. The van der Waals surface area contributed by atoms with Crippen LogP contribution in [-0.2, 0) is 29.4 Å². The van der Waals surface area contributed by atoms with Crippen molar-refractivity contribution in [3.8, 4) is 11.1 Å². The third-order valence-electron chi connectivity index (χ3n) is 10.2. The van der Waals surface area contributed by atoms with E-state index in [9.17, 15) is 18.8 Å². The first-order chi connectivity index (χ1) is 24.1. The Bertz CT molecular complexity index is 2010. The first-order valence-corrected chi connectivity index (χ1v) is 17.9. The van der Waals surface area contributed by atoms with E-state index in [2.05, 4.69) is 65.4 Å². The second kappa shape index (κ2) is 13.7. The Hall–Kier alpha value is -4.36. The first kappa shape index (κ1) is 34.1. The van der Waals surface area contributed by atoms with Crippen LogP contribution in [0.2, 0.25) is 0 Å². The summed E-state index contributed by atoms with van der Waals surface area (Å²) in [6, 6.07) is 6.39. The first-order valence-electron chi connectivity index (χ1n) is 17.1. The molecule has 0 unspecified atom stereocenters. The number of fused-ring (bicyclic) bond motifs is 3. The summed E-state index contributed by atoms with van der Waals surface area (Å²) in [5.74, 6) is 0.144. The number of aromatic nitrogens is 5. The van der Waals surface area contributed by atoms with E-state index in [1.807, 2.05) is 12.1 Å². The van der Waals surface area contributed by atoms with Gasteiger partial charge in [0.05, 0.1) is 5.52 Å². The van der Waals surface area contributed by atoms with E-state index in [4.69, 9.17) is 0 Å². The van der Waals surface area contributed by atoms with E-state index in [1.54, 1.807) is 36.4 Å². The van der Waals surface area contributed by atoms with Crippen LogP contribution in [0.1, 0.15) is 72.9 Å². The molecule has 1 saturated carbocycles. The van der Waals surface area contributed by atoms with Gasteiger partial charge in [0.15, 0.2) is 5.78 Å². The van der Waals surface area contributed by atoms with Gasteiger partial charge in [-0.2, -0.15) is 5.10 Å². The van der Waals surface area contributed by atoms with Crippen LogP contribution in [0.15, 0.2) is 53.4 Å². The molecular weight excluding hydrogens is 703 g/mol. The zero-order valence-electron chi connectivity index (χ0n) is 28.5. The minimum atomic E-state index is -0.837. The van der Waals surface area contributed by atoms with Gasteiger partial charge in [0, 0.05) is 59.4 Å². The van der Waals surface area contributed by atoms with Crippen LogP contribution < -0.4 is 5.32 Å². The number of anilines is 1. The number of ketones is 1. The summed E-state index contributed by atoms with van der Waals surface area (Å²) in [5.41, 5.74) is 2.74. The van der Waals surface area contributed by atoms with E-state index in [-0.39, 0.29) is 41.3 Å². The summed E-state index contributed by atoms with van der Waals surface area (Å²) < 4.78 is 16.8. The number of likely N-dealkylation sites (tertiary alicyclic amines) is 1. The fourth-order valence-corrected chi connectivity index (χ4v) is 7.90. The van der Waals surface area contributed by atoms with E-state index in [0.717, 1.165) is 44.2 Å². The topological polar surface area (TPSA) is 126 Å². The molecule has 7 rings (SSSR count). The Labute approximate surface area is 298 Å². The van der Waals surface area contributed by atoms with Crippen molar-refractivity contribution in [1.82, 2.24) is 34.5 Å². The zero-order chi connectivity index (χ0) is 35.2. The minimum absolute atomic E-state index is 0.146. The van der Waals surface area contributed by atoms with Crippen molar-refractivity contribution in [2.45, 2.75) is 84.2 Å². The molecule has 2 bridgehead atoms. The molecule has 2 aliphatic heterocycles. The molecular formula is C37H40BrFN8O3. The highest BCUT2D eigenvalue weighted by Gasteiger charge is 2.65. The maximum absolute atomic E-state index is 14.7. The summed E-state index contributed by atoms with van der Waals surface area (Å²) in [6.45, 7) is 3.64. The molecule has 1 aromatic carbocycles. The number of carbonyl (C=O) groups excluding carboxylic acids is 3. The highest BCUT2D eigenvalue weighted by Crippen LogP contribution is 2.61. The molecule has 3 atom stereocenters. The second-order valence-corrected chi connectivity index (χ2v) is 14.7. The lowest BCUT2D eigenvalue weighted by Gasteiger charge is -2.27. The molecule has 1 N–H and O–H groups in total. The highest BCUT2D eigenvalue weighted by atomic mass is 79.9. The van der Waals surface area contributed by atoms with E-state index >= 15 is 0 Å². The number of amides is 2. The van der Waals surface area contributed by atoms with Crippen LogP contribution in [0.5, 0.6) is 0 Å². The average Bonchev–Trinajstić information content (AvgIpc) is 3.49. The van der Waals surface area contributed by atoms with Gasteiger partial charge in [-0.15, -0.1) is 0 Å². The standard InChI is InChI=1S/C37H40BrFN8O3/c1-22(48)33-28-14-25(27-18-40-23(2)41-19-27)13-26(17-39)34(28)46(44-33)21-32(49)47-29-15-37(16-30(37)47)11-7-5-4-6-8-12-45(3)20-24-9-10-31(38)42-35(24)43-36(29)50/h7,9-11,13-14,18-19,29-30H,4-6,8,12,15-17,20-21H2,1-3H3,(H,42,43,50)/b11-7-/t29-,30+,37-/m0/s1. The Morgan fingerprint density at radius 3 is 2.66 bits per heavy atom. The summed E-state index contributed by atoms with van der Waals surface area (Å²) in [7, 11) is 2.06. The molecule has 2 fully saturated rings. The lowest BCUT2D eigenvalue weighted by molar-refractivity contribution is -0.138. The molecule has 260 valence electrons. The van der Waals surface area contributed by atoms with Gasteiger partial charge in [-0.1, -0.05) is 24.6 Å². The largest absolute Gasteiger partial charge is 0.325 e. The predicted octanol–water partition coefficient (Wildman–Crippen LogP) is 6.19. The third kappa shape index (κ3) is 6.60. The number of halogens is 2. The molecule has 2 amide bonds. The molecule has 1 spiro atoms. The fourth-order valence-electron chi connectivity index (χ4n) is 7.59. The maximum Gasteiger partial charge on any atom is 0.248 e. The van der Waals surface area contributed by atoms with Crippen LogP contribution in [0.25, 0.3) is 22.0 Å². The number of nitrogens with zero attached hydrogens (tertiary/aromatic N) is 7. The van der Waals surface area contributed by atoms with Gasteiger partial charge in [-0.25, -0.2) is 19.3 Å². The van der Waals surface area contributed by atoms with Gasteiger partial charge >= 0.3 is 0 Å². The Morgan fingerprint density at radius 1 is 1.10 bits per heavy atom. The van der Waals surface area contributed by atoms with Gasteiger partial charge in [0.25, 0.3) is 0 Å². The average molecular weight is 744 g/mol. The van der Waals surface area contributed by atoms with E-state index in [1.165, 1.54) is 11.6 Å². The zero-order valence-corrected chi connectivity index (χ0v) is 30.0. The monoisotopic (exact) mass is 742 g/mol. The number of Topliss-reactive ketones (excluding diaryl/α,β-unsaturated/α-hetero) is 1. The van der Waals surface area contributed by atoms with Gasteiger partial charge in [0.2, 0.25) is 11.8 Å². The minimum Gasteiger partial charge on any atom is -0.325 e. The predicted molar refractivity (Wildman–Crippen MR) is 191 cm³/mol. The van der Waals surface area contributed by atoms with Crippen molar-refractivity contribution < 1.29 is 18.8 Å². The van der Waals surface area contributed by atoms with Crippen molar-refractivity contribution in [3.05, 3.63) is 76.1 Å². The summed E-state index contributed by atoms with van der Waals surface area (Å²) in [5, 5.41) is 8.07. The van der Waals surface area contributed by atoms with Crippen LogP contribution in [0.4, 0.5) is 10.2 Å².